The molecule has 1 amide bonds. The number of phenolic OH excluding ortho intramolecular Hbond substituents is 1. The number of hydrogen-bond donors (Lipinski definition) is 2. The van der Waals surface area contributed by atoms with Crippen molar-refractivity contribution in [2.24, 2.45) is 22.7 Å². The number of phenols is 1. The molecule has 7 nitrogen and oxygen atoms in total. The number of benzene rings is 1. The molecule has 2 N–H and O–H groups in total. The Hall–Kier alpha value is -2.57. The first-order valence-corrected chi connectivity index (χ1v) is 11.5. The van der Waals surface area contributed by atoms with E-state index in [1.807, 2.05) is 13.8 Å². The van der Waals surface area contributed by atoms with E-state index < -0.39 is 28.5 Å². The molecule has 4 aliphatic rings. The molecule has 7 heteroatoms. The molecule has 0 radical (unpaired) electrons. The quantitative estimate of drug-likeness (QED) is 0.649. The Balaban J connectivity index is 1.71. The number of ketones is 1. The van der Waals surface area contributed by atoms with Gasteiger partial charge >= 0.3 is 5.97 Å². The third-order valence-electron chi connectivity index (χ3n) is 9.05. The highest BCUT2D eigenvalue weighted by Crippen LogP contribution is 2.66. The fourth-order valence-corrected chi connectivity index (χ4v) is 7.18. The van der Waals surface area contributed by atoms with Crippen LogP contribution >= 0.6 is 0 Å². The van der Waals surface area contributed by atoms with Gasteiger partial charge in [-0.1, -0.05) is 27.7 Å². The van der Waals surface area contributed by atoms with Crippen molar-refractivity contribution < 1.29 is 29.0 Å². The van der Waals surface area contributed by atoms with Crippen LogP contribution in [0.1, 0.15) is 75.4 Å². The van der Waals surface area contributed by atoms with Crippen LogP contribution in [0, 0.1) is 22.7 Å². The molecule has 1 aromatic carbocycles. The van der Waals surface area contributed by atoms with Gasteiger partial charge in [0.05, 0.1) is 12.0 Å². The molecule has 1 aromatic rings. The van der Waals surface area contributed by atoms with E-state index in [1.165, 1.54) is 6.92 Å². The first kappa shape index (κ1) is 21.3. The normalized spacial score (nSPS) is 36.7. The summed E-state index contributed by atoms with van der Waals surface area (Å²) in [5.74, 6) is 0.0290. The molecule has 5 rings (SSSR count). The summed E-state index contributed by atoms with van der Waals surface area (Å²) in [6.45, 7) is 10.0. The predicted molar refractivity (Wildman–Crippen MR) is 115 cm³/mol. The number of ether oxygens (including phenoxy) is 2. The van der Waals surface area contributed by atoms with E-state index in [0.29, 0.717) is 29.8 Å². The lowest BCUT2D eigenvalue weighted by Gasteiger charge is -2.66. The van der Waals surface area contributed by atoms with Gasteiger partial charge in [-0.05, 0) is 31.2 Å². The molecule has 0 bridgehead atoms. The van der Waals surface area contributed by atoms with E-state index >= 15 is 0 Å². The van der Waals surface area contributed by atoms with Gasteiger partial charge in [-0.15, -0.1) is 0 Å². The Morgan fingerprint density at radius 2 is 1.91 bits per heavy atom. The molecule has 1 spiro atoms. The molecule has 2 heterocycles. The maximum atomic E-state index is 13.5. The summed E-state index contributed by atoms with van der Waals surface area (Å²) in [5.41, 5.74) is 0.0761. The molecule has 5 atom stereocenters. The van der Waals surface area contributed by atoms with Crippen molar-refractivity contribution in [1.29, 1.82) is 0 Å². The summed E-state index contributed by atoms with van der Waals surface area (Å²) in [4.78, 5) is 37.6. The minimum absolute atomic E-state index is 0.0329. The number of hydrogen-bond acceptors (Lipinski definition) is 6. The Kier molecular flexibility index (Phi) is 4.31. The average molecular weight is 442 g/mol. The topological polar surface area (TPSA) is 102 Å². The van der Waals surface area contributed by atoms with Gasteiger partial charge in [0.15, 0.2) is 11.9 Å². The number of carbonyl (C=O) groups is 3. The zero-order valence-corrected chi connectivity index (χ0v) is 19.3. The van der Waals surface area contributed by atoms with Crippen molar-refractivity contribution in [1.82, 2.24) is 5.32 Å². The van der Waals surface area contributed by atoms with Crippen molar-refractivity contribution in [2.45, 2.75) is 78.6 Å². The van der Waals surface area contributed by atoms with Crippen molar-refractivity contribution in [3.8, 4) is 11.5 Å². The summed E-state index contributed by atoms with van der Waals surface area (Å²) < 4.78 is 12.5. The molecule has 2 aliphatic heterocycles. The van der Waals surface area contributed by atoms with Crippen molar-refractivity contribution in [3.05, 3.63) is 22.8 Å². The van der Waals surface area contributed by atoms with Crippen LogP contribution in [-0.4, -0.2) is 34.5 Å². The highest BCUT2D eigenvalue weighted by molar-refractivity contribution is 6.00. The van der Waals surface area contributed by atoms with E-state index in [9.17, 15) is 19.5 Å². The summed E-state index contributed by atoms with van der Waals surface area (Å²) in [6, 6.07) is 1.54. The number of rotatable bonds is 1. The van der Waals surface area contributed by atoms with Gasteiger partial charge in [-0.25, -0.2) is 0 Å². The summed E-state index contributed by atoms with van der Waals surface area (Å²) >= 11 is 0. The van der Waals surface area contributed by atoms with Gasteiger partial charge in [0.1, 0.15) is 17.1 Å². The van der Waals surface area contributed by atoms with Crippen LogP contribution in [0.3, 0.4) is 0 Å². The molecule has 172 valence electrons. The molecule has 0 saturated heterocycles. The Morgan fingerprint density at radius 1 is 1.19 bits per heavy atom. The highest BCUT2D eigenvalue weighted by Gasteiger charge is 2.70. The molecule has 2 aliphatic carbocycles. The number of amides is 1. The van der Waals surface area contributed by atoms with Crippen LogP contribution in [0.5, 0.6) is 11.5 Å². The summed E-state index contributed by atoms with van der Waals surface area (Å²) in [5, 5.41) is 13.7. The summed E-state index contributed by atoms with van der Waals surface area (Å²) in [7, 11) is 0. The minimum atomic E-state index is -0.809. The highest BCUT2D eigenvalue weighted by atomic mass is 16.5. The van der Waals surface area contributed by atoms with Crippen LogP contribution in [0.15, 0.2) is 6.07 Å². The lowest BCUT2D eigenvalue weighted by atomic mass is 9.43. The number of carbonyl (C=O) groups excluding carboxylic acids is 3. The van der Waals surface area contributed by atoms with Crippen LogP contribution in [0.4, 0.5) is 0 Å². The van der Waals surface area contributed by atoms with Gasteiger partial charge in [0.25, 0.3) is 5.91 Å². The molecule has 0 aromatic heterocycles. The molecule has 2 fully saturated rings. The molecule has 0 unspecified atom stereocenters. The van der Waals surface area contributed by atoms with Crippen molar-refractivity contribution >= 4 is 17.7 Å². The second-order valence-electron chi connectivity index (χ2n) is 11.0. The molecule has 32 heavy (non-hydrogen) atoms. The van der Waals surface area contributed by atoms with E-state index in [-0.39, 0.29) is 35.7 Å². The third kappa shape index (κ3) is 2.51. The first-order chi connectivity index (χ1) is 14.9. The standard InChI is InChI=1S/C25H31NO6/c1-12-6-7-19-23(3,4)21(31-13(2)27)18(29)10-25(19)24(12,5)9-15-17(28)8-14-16(20(15)32-25)11-26-22(14)30/h8,12,19,21,28H,6-7,9-11H2,1-5H3,(H,26,30)/t12-,19-,21+,24+,25-/m0/s1. The van der Waals surface area contributed by atoms with Gasteiger partial charge in [0, 0.05) is 41.3 Å². The maximum Gasteiger partial charge on any atom is 0.303 e. The van der Waals surface area contributed by atoms with Gasteiger partial charge in [-0.2, -0.15) is 0 Å². The number of esters is 1. The van der Waals surface area contributed by atoms with Crippen molar-refractivity contribution in [3.63, 3.8) is 0 Å². The lowest BCUT2D eigenvalue weighted by molar-refractivity contribution is -0.231. The van der Waals surface area contributed by atoms with Crippen molar-refractivity contribution in [2.75, 3.05) is 0 Å². The van der Waals surface area contributed by atoms with Crippen LogP contribution < -0.4 is 10.1 Å². The first-order valence-electron chi connectivity index (χ1n) is 11.5. The second-order valence-corrected chi connectivity index (χ2v) is 11.0. The van der Waals surface area contributed by atoms with Gasteiger partial charge in [0.2, 0.25) is 0 Å². The molecule has 2 saturated carbocycles. The predicted octanol–water partition coefficient (Wildman–Crippen LogP) is 3.29. The summed E-state index contributed by atoms with van der Waals surface area (Å²) in [6.07, 6.45) is 1.71. The van der Waals surface area contributed by atoms with Crippen LogP contribution in [0.25, 0.3) is 0 Å². The zero-order valence-electron chi connectivity index (χ0n) is 19.3. The van der Waals surface area contributed by atoms with E-state index in [2.05, 4.69) is 19.2 Å². The monoisotopic (exact) mass is 441 g/mol. The number of fused-ring (bicyclic) bond motifs is 3. The number of Topliss-reactive ketones (excluding diaryl/α,β-unsaturated/α-hetero) is 1. The largest absolute Gasteiger partial charge is 0.508 e. The number of aromatic hydroxyl groups is 1. The second kappa shape index (κ2) is 6.49. The Bertz CT molecular complexity index is 1060. The van der Waals surface area contributed by atoms with E-state index in [1.54, 1.807) is 6.07 Å². The van der Waals surface area contributed by atoms with Gasteiger partial charge in [-0.3, -0.25) is 14.4 Å². The Morgan fingerprint density at radius 3 is 2.59 bits per heavy atom. The fourth-order valence-electron chi connectivity index (χ4n) is 7.18. The van der Waals surface area contributed by atoms with Crippen LogP contribution in [-0.2, 0) is 27.3 Å². The zero-order chi connectivity index (χ0) is 23.2. The van der Waals surface area contributed by atoms with Gasteiger partial charge < -0.3 is 19.9 Å². The number of nitrogens with one attached hydrogen (secondary N) is 1. The minimum Gasteiger partial charge on any atom is -0.508 e. The van der Waals surface area contributed by atoms with E-state index in [4.69, 9.17) is 9.47 Å². The third-order valence-corrected chi connectivity index (χ3v) is 9.05. The molecular weight excluding hydrogens is 410 g/mol. The molecular formula is C25H31NO6. The van der Waals surface area contributed by atoms with Crippen LogP contribution in [0.2, 0.25) is 0 Å². The fraction of sp³-hybridized carbons (Fsp3) is 0.640. The lowest BCUT2D eigenvalue weighted by Crippen LogP contribution is -2.72. The van der Waals surface area contributed by atoms with E-state index in [0.717, 1.165) is 18.4 Å². The average Bonchev–Trinajstić information content (AvgIpc) is 3.06. The Labute approximate surface area is 187 Å². The smallest absolute Gasteiger partial charge is 0.303 e. The maximum absolute atomic E-state index is 13.5. The SMILES string of the molecule is CC(=O)O[C@@H]1C(=O)C[C@@]23Oc4c(c(O)cc5c4CNC5=O)C[C@]2(C)[C@@H](C)CC[C@H]3C1(C)C.